The maximum Gasteiger partial charge on any atom is 0.330 e. The number of hydrogen-bond acceptors (Lipinski definition) is 3. The van der Waals surface area contributed by atoms with Crippen molar-refractivity contribution in [2.75, 3.05) is 6.61 Å². The number of carbonyl (C=O) groups excluding carboxylic acids is 1. The highest BCUT2D eigenvalue weighted by Gasteiger charge is 2.08. The molecule has 86 valence electrons. The Bertz CT molecular complexity index is 404. The van der Waals surface area contributed by atoms with Crippen LogP contribution >= 0.6 is 0 Å². The number of phenolic OH excluding ortho intramolecular Hbond substituents is 1. The topological polar surface area (TPSA) is 46.5 Å². The highest BCUT2D eigenvalue weighted by atomic mass is 19.1. The standard InChI is InChI=1S/C11H10F2O3/c1-2-16-10(14)4-3-7-5-8(12)11(15)9(13)6-7/h3-6,15H,2H2,1H3/b4-3+. The van der Waals surface area contributed by atoms with Gasteiger partial charge in [-0.25, -0.2) is 13.6 Å². The lowest BCUT2D eigenvalue weighted by molar-refractivity contribution is -0.137. The van der Waals surface area contributed by atoms with Gasteiger partial charge in [0, 0.05) is 6.08 Å². The molecule has 0 amide bonds. The Hall–Kier alpha value is -1.91. The lowest BCUT2D eigenvalue weighted by Gasteiger charge is -1.99. The van der Waals surface area contributed by atoms with E-state index in [0.717, 1.165) is 18.2 Å². The van der Waals surface area contributed by atoms with Crippen LogP contribution in [0.1, 0.15) is 12.5 Å². The molecule has 0 heterocycles. The minimum Gasteiger partial charge on any atom is -0.503 e. The number of aromatic hydroxyl groups is 1. The number of carbonyl (C=O) groups is 1. The summed E-state index contributed by atoms with van der Waals surface area (Å²) in [6.07, 6.45) is 2.25. The van der Waals surface area contributed by atoms with Crippen molar-refractivity contribution < 1.29 is 23.4 Å². The zero-order valence-electron chi connectivity index (χ0n) is 8.54. The summed E-state index contributed by atoms with van der Waals surface area (Å²) in [5.74, 6) is -3.79. The molecule has 0 unspecified atom stereocenters. The van der Waals surface area contributed by atoms with Gasteiger partial charge in [-0.05, 0) is 30.7 Å². The van der Waals surface area contributed by atoms with Gasteiger partial charge < -0.3 is 9.84 Å². The first-order valence-electron chi connectivity index (χ1n) is 4.57. The van der Waals surface area contributed by atoms with Crippen LogP contribution in [0.4, 0.5) is 8.78 Å². The second-order valence-corrected chi connectivity index (χ2v) is 2.92. The Morgan fingerprint density at radius 1 is 1.44 bits per heavy atom. The van der Waals surface area contributed by atoms with Gasteiger partial charge >= 0.3 is 5.97 Å². The minimum absolute atomic E-state index is 0.126. The number of phenols is 1. The second kappa shape index (κ2) is 5.25. The zero-order valence-corrected chi connectivity index (χ0v) is 8.54. The minimum atomic E-state index is -1.08. The van der Waals surface area contributed by atoms with Crippen molar-refractivity contribution in [3.05, 3.63) is 35.4 Å². The molecular formula is C11H10F2O3. The van der Waals surface area contributed by atoms with Gasteiger partial charge in [0.05, 0.1) is 6.61 Å². The molecule has 16 heavy (non-hydrogen) atoms. The molecule has 0 radical (unpaired) electrons. The summed E-state index contributed by atoms with van der Waals surface area (Å²) in [6.45, 7) is 1.87. The molecule has 0 aromatic heterocycles. The van der Waals surface area contributed by atoms with Crippen LogP contribution in [-0.2, 0) is 9.53 Å². The summed E-state index contributed by atoms with van der Waals surface area (Å²) < 4.78 is 30.3. The summed E-state index contributed by atoms with van der Waals surface area (Å²) in [4.78, 5) is 10.9. The normalized spacial score (nSPS) is 10.7. The molecule has 0 aliphatic rings. The van der Waals surface area contributed by atoms with Crippen molar-refractivity contribution in [1.29, 1.82) is 0 Å². The monoisotopic (exact) mass is 228 g/mol. The fraction of sp³-hybridized carbons (Fsp3) is 0.182. The molecule has 0 aliphatic carbocycles. The van der Waals surface area contributed by atoms with Gasteiger partial charge in [-0.1, -0.05) is 0 Å². The Labute approximate surface area is 91.0 Å². The molecule has 1 N–H and O–H groups in total. The van der Waals surface area contributed by atoms with Crippen LogP contribution in [0, 0.1) is 11.6 Å². The van der Waals surface area contributed by atoms with Crippen molar-refractivity contribution >= 4 is 12.0 Å². The van der Waals surface area contributed by atoms with Crippen molar-refractivity contribution in [2.24, 2.45) is 0 Å². The van der Waals surface area contributed by atoms with E-state index in [1.165, 1.54) is 6.08 Å². The molecule has 0 spiro atoms. The Morgan fingerprint density at radius 2 is 2.00 bits per heavy atom. The number of ether oxygens (including phenoxy) is 1. The van der Waals surface area contributed by atoms with Gasteiger partial charge in [0.25, 0.3) is 0 Å². The molecule has 0 saturated heterocycles. The van der Waals surface area contributed by atoms with Gasteiger partial charge in [-0.15, -0.1) is 0 Å². The van der Waals surface area contributed by atoms with E-state index >= 15 is 0 Å². The largest absolute Gasteiger partial charge is 0.503 e. The average molecular weight is 228 g/mol. The first kappa shape index (κ1) is 12.2. The number of esters is 1. The van der Waals surface area contributed by atoms with E-state index < -0.39 is 23.4 Å². The zero-order chi connectivity index (χ0) is 12.1. The maximum absolute atomic E-state index is 12.9. The van der Waals surface area contributed by atoms with Crippen LogP contribution in [0.25, 0.3) is 6.08 Å². The third kappa shape index (κ3) is 3.05. The fourth-order valence-electron chi connectivity index (χ4n) is 1.04. The molecule has 1 aromatic rings. The lowest BCUT2D eigenvalue weighted by atomic mass is 10.2. The van der Waals surface area contributed by atoms with Crippen LogP contribution < -0.4 is 0 Å². The maximum atomic E-state index is 12.9. The van der Waals surface area contributed by atoms with Crippen LogP contribution in [0.15, 0.2) is 18.2 Å². The molecule has 0 aliphatic heterocycles. The van der Waals surface area contributed by atoms with Crippen LogP contribution in [0.3, 0.4) is 0 Å². The molecular weight excluding hydrogens is 218 g/mol. The molecule has 3 nitrogen and oxygen atoms in total. The smallest absolute Gasteiger partial charge is 0.330 e. The highest BCUT2D eigenvalue weighted by Crippen LogP contribution is 2.21. The summed E-state index contributed by atoms with van der Waals surface area (Å²) in [7, 11) is 0. The van der Waals surface area contributed by atoms with Crippen LogP contribution in [-0.4, -0.2) is 17.7 Å². The molecule has 1 rings (SSSR count). The van der Waals surface area contributed by atoms with Gasteiger partial charge in [-0.2, -0.15) is 0 Å². The summed E-state index contributed by atoms with van der Waals surface area (Å²) in [6, 6.07) is 1.82. The highest BCUT2D eigenvalue weighted by molar-refractivity contribution is 5.87. The Balaban J connectivity index is 2.86. The first-order chi connectivity index (χ1) is 7.54. The third-order valence-electron chi connectivity index (χ3n) is 1.74. The van der Waals surface area contributed by atoms with E-state index in [1.54, 1.807) is 6.92 Å². The van der Waals surface area contributed by atoms with Crippen molar-refractivity contribution in [3.63, 3.8) is 0 Å². The molecule has 0 bridgehead atoms. The SMILES string of the molecule is CCOC(=O)/C=C/c1cc(F)c(O)c(F)c1. The van der Waals surface area contributed by atoms with Gasteiger partial charge in [0.1, 0.15) is 0 Å². The first-order valence-corrected chi connectivity index (χ1v) is 4.57. The van der Waals surface area contributed by atoms with Gasteiger partial charge in [0.2, 0.25) is 0 Å². The quantitative estimate of drug-likeness (QED) is 0.637. The van der Waals surface area contributed by atoms with E-state index in [2.05, 4.69) is 4.74 Å². The summed E-state index contributed by atoms with van der Waals surface area (Å²) in [5.41, 5.74) is 0.126. The average Bonchev–Trinajstić information content (AvgIpc) is 2.23. The van der Waals surface area contributed by atoms with E-state index in [4.69, 9.17) is 5.11 Å². The predicted octanol–water partition coefficient (Wildman–Crippen LogP) is 2.25. The predicted molar refractivity (Wildman–Crippen MR) is 53.7 cm³/mol. The van der Waals surface area contributed by atoms with Crippen LogP contribution in [0.5, 0.6) is 5.75 Å². The van der Waals surface area contributed by atoms with Gasteiger partial charge in [0.15, 0.2) is 17.4 Å². The van der Waals surface area contributed by atoms with Crippen LogP contribution in [0.2, 0.25) is 0 Å². The fourth-order valence-corrected chi connectivity index (χ4v) is 1.04. The van der Waals surface area contributed by atoms with Crippen molar-refractivity contribution in [2.45, 2.75) is 6.92 Å². The van der Waals surface area contributed by atoms with E-state index in [-0.39, 0.29) is 12.2 Å². The number of halogens is 2. The second-order valence-electron chi connectivity index (χ2n) is 2.92. The van der Waals surface area contributed by atoms with E-state index in [9.17, 15) is 13.6 Å². The number of rotatable bonds is 3. The number of hydrogen-bond donors (Lipinski definition) is 1. The number of benzene rings is 1. The third-order valence-corrected chi connectivity index (χ3v) is 1.74. The summed E-state index contributed by atoms with van der Waals surface area (Å²) >= 11 is 0. The molecule has 0 atom stereocenters. The Kier molecular flexibility index (Phi) is 3.99. The van der Waals surface area contributed by atoms with Crippen molar-refractivity contribution in [3.8, 4) is 5.75 Å². The molecule has 1 aromatic carbocycles. The molecule has 0 saturated carbocycles. The molecule has 5 heteroatoms. The van der Waals surface area contributed by atoms with E-state index in [0.29, 0.717) is 0 Å². The Morgan fingerprint density at radius 3 is 2.50 bits per heavy atom. The van der Waals surface area contributed by atoms with Crippen molar-refractivity contribution in [1.82, 2.24) is 0 Å². The van der Waals surface area contributed by atoms with E-state index in [1.807, 2.05) is 0 Å². The lowest BCUT2D eigenvalue weighted by Crippen LogP contribution is -1.98. The summed E-state index contributed by atoms with van der Waals surface area (Å²) in [5, 5.41) is 8.83. The molecule has 0 fully saturated rings. The van der Waals surface area contributed by atoms with Gasteiger partial charge in [-0.3, -0.25) is 0 Å².